The van der Waals surface area contributed by atoms with Gasteiger partial charge in [-0.1, -0.05) is 37.3 Å². The van der Waals surface area contributed by atoms with E-state index in [4.69, 9.17) is 14.2 Å². The molecule has 1 heterocycles. The summed E-state index contributed by atoms with van der Waals surface area (Å²) in [6.07, 6.45) is 0.507. The standard InChI is InChI=1S/C17H22O5/c1-12(15-9-16(19)22-17(2,3)21-15)14(18)11-20-10-13-7-5-4-6-8-13/h4-9,12,14,18H,10-11H2,1-3H3. The van der Waals surface area contributed by atoms with Gasteiger partial charge in [0.25, 0.3) is 0 Å². The van der Waals surface area contributed by atoms with Crippen molar-refractivity contribution < 1.29 is 24.1 Å². The minimum atomic E-state index is -1.01. The summed E-state index contributed by atoms with van der Waals surface area (Å²) in [5.74, 6) is -1.42. The zero-order valence-electron chi connectivity index (χ0n) is 13.1. The fourth-order valence-electron chi connectivity index (χ4n) is 2.15. The molecule has 1 aromatic rings. The van der Waals surface area contributed by atoms with E-state index >= 15 is 0 Å². The van der Waals surface area contributed by atoms with Crippen LogP contribution in [0.1, 0.15) is 26.3 Å². The van der Waals surface area contributed by atoms with Crippen LogP contribution in [-0.2, 0) is 25.6 Å². The Hall–Kier alpha value is -1.85. The molecule has 2 rings (SSSR count). The lowest BCUT2D eigenvalue weighted by Crippen LogP contribution is -2.38. The monoisotopic (exact) mass is 306 g/mol. The van der Waals surface area contributed by atoms with Gasteiger partial charge in [0.15, 0.2) is 0 Å². The van der Waals surface area contributed by atoms with Crippen LogP contribution >= 0.6 is 0 Å². The molecule has 5 heteroatoms. The number of ether oxygens (including phenoxy) is 3. The van der Waals surface area contributed by atoms with E-state index in [0.717, 1.165) is 5.56 Å². The van der Waals surface area contributed by atoms with E-state index in [2.05, 4.69) is 0 Å². The van der Waals surface area contributed by atoms with Crippen molar-refractivity contribution in [2.75, 3.05) is 6.61 Å². The minimum Gasteiger partial charge on any atom is -0.456 e. The van der Waals surface area contributed by atoms with Crippen LogP contribution in [0.3, 0.4) is 0 Å². The Balaban J connectivity index is 1.86. The fourth-order valence-corrected chi connectivity index (χ4v) is 2.15. The van der Waals surface area contributed by atoms with Crippen molar-refractivity contribution in [2.24, 2.45) is 5.92 Å². The first-order chi connectivity index (χ1) is 10.4. The first-order valence-electron chi connectivity index (χ1n) is 7.31. The van der Waals surface area contributed by atoms with Gasteiger partial charge in [0.1, 0.15) is 5.76 Å². The molecule has 1 N–H and O–H groups in total. The lowest BCUT2D eigenvalue weighted by atomic mass is 10.0. The van der Waals surface area contributed by atoms with Gasteiger partial charge in [0.05, 0.1) is 25.4 Å². The second kappa shape index (κ2) is 6.94. The summed E-state index contributed by atoms with van der Waals surface area (Å²) >= 11 is 0. The van der Waals surface area contributed by atoms with E-state index in [0.29, 0.717) is 12.4 Å². The van der Waals surface area contributed by atoms with Crippen molar-refractivity contribution in [2.45, 2.75) is 39.3 Å². The molecule has 0 saturated carbocycles. The highest BCUT2D eigenvalue weighted by Gasteiger charge is 2.34. The summed E-state index contributed by atoms with van der Waals surface area (Å²) in [7, 11) is 0. The summed E-state index contributed by atoms with van der Waals surface area (Å²) in [6, 6.07) is 9.73. The van der Waals surface area contributed by atoms with Crippen LogP contribution in [0.2, 0.25) is 0 Å². The molecule has 5 nitrogen and oxygen atoms in total. The Kier molecular flexibility index (Phi) is 5.21. The van der Waals surface area contributed by atoms with Gasteiger partial charge >= 0.3 is 5.97 Å². The maximum absolute atomic E-state index is 11.5. The third kappa shape index (κ3) is 4.58. The topological polar surface area (TPSA) is 65.0 Å². The lowest BCUT2D eigenvalue weighted by Gasteiger charge is -2.34. The molecule has 0 spiro atoms. The van der Waals surface area contributed by atoms with E-state index in [1.165, 1.54) is 6.08 Å². The van der Waals surface area contributed by atoms with Crippen molar-refractivity contribution in [3.8, 4) is 0 Å². The fraction of sp³-hybridized carbons (Fsp3) is 0.471. The predicted molar refractivity (Wildman–Crippen MR) is 80.6 cm³/mol. The average Bonchev–Trinajstić information content (AvgIpc) is 2.45. The molecule has 0 saturated heterocycles. The maximum atomic E-state index is 11.5. The van der Waals surface area contributed by atoms with Gasteiger partial charge in [-0.2, -0.15) is 0 Å². The molecule has 0 aliphatic carbocycles. The van der Waals surface area contributed by atoms with Gasteiger partial charge in [-0.05, 0) is 5.56 Å². The van der Waals surface area contributed by atoms with E-state index in [1.54, 1.807) is 20.8 Å². The van der Waals surface area contributed by atoms with Gasteiger partial charge in [0, 0.05) is 19.8 Å². The molecular formula is C17H22O5. The van der Waals surface area contributed by atoms with E-state index in [1.807, 2.05) is 30.3 Å². The normalized spacial score (nSPS) is 19.6. The molecule has 2 atom stereocenters. The van der Waals surface area contributed by atoms with Crippen LogP contribution in [0.5, 0.6) is 0 Å². The number of aliphatic hydroxyl groups is 1. The van der Waals surface area contributed by atoms with Crippen LogP contribution < -0.4 is 0 Å². The third-order valence-corrected chi connectivity index (χ3v) is 3.40. The predicted octanol–water partition coefficient (Wildman–Crippen LogP) is 2.39. The van der Waals surface area contributed by atoms with Crippen molar-refractivity contribution >= 4 is 5.97 Å². The molecule has 22 heavy (non-hydrogen) atoms. The second-order valence-corrected chi connectivity index (χ2v) is 5.83. The summed E-state index contributed by atoms with van der Waals surface area (Å²) in [5.41, 5.74) is 1.04. The van der Waals surface area contributed by atoms with Crippen LogP contribution in [0.25, 0.3) is 0 Å². The van der Waals surface area contributed by atoms with Gasteiger partial charge in [0.2, 0.25) is 5.79 Å². The number of aliphatic hydroxyl groups excluding tert-OH is 1. The summed E-state index contributed by atoms with van der Waals surface area (Å²) in [4.78, 5) is 11.5. The lowest BCUT2D eigenvalue weighted by molar-refractivity contribution is -0.210. The average molecular weight is 306 g/mol. The van der Waals surface area contributed by atoms with E-state index in [-0.39, 0.29) is 12.5 Å². The Morgan fingerprint density at radius 1 is 1.23 bits per heavy atom. The van der Waals surface area contributed by atoms with Crippen LogP contribution in [0.15, 0.2) is 42.2 Å². The maximum Gasteiger partial charge on any atom is 0.337 e. The molecule has 0 aromatic heterocycles. The highest BCUT2D eigenvalue weighted by molar-refractivity contribution is 5.83. The van der Waals surface area contributed by atoms with Gasteiger partial charge in [-0.15, -0.1) is 0 Å². The largest absolute Gasteiger partial charge is 0.456 e. The molecular weight excluding hydrogens is 284 g/mol. The van der Waals surface area contributed by atoms with Crippen LogP contribution in [0.4, 0.5) is 0 Å². The number of hydrogen-bond donors (Lipinski definition) is 1. The minimum absolute atomic E-state index is 0.159. The van der Waals surface area contributed by atoms with Crippen molar-refractivity contribution in [1.82, 2.24) is 0 Å². The Morgan fingerprint density at radius 3 is 2.55 bits per heavy atom. The van der Waals surface area contributed by atoms with Crippen LogP contribution in [-0.4, -0.2) is 29.6 Å². The highest BCUT2D eigenvalue weighted by atomic mass is 16.7. The molecule has 1 aliphatic heterocycles. The van der Waals surface area contributed by atoms with Crippen LogP contribution in [0, 0.1) is 5.92 Å². The van der Waals surface area contributed by atoms with Gasteiger partial charge < -0.3 is 19.3 Å². The molecule has 2 unspecified atom stereocenters. The Bertz CT molecular complexity index is 535. The number of hydrogen-bond acceptors (Lipinski definition) is 5. The molecule has 0 bridgehead atoms. The number of esters is 1. The molecule has 0 amide bonds. The SMILES string of the molecule is CC(C1=CC(=O)OC(C)(C)O1)C(O)COCc1ccccc1. The quantitative estimate of drug-likeness (QED) is 0.818. The van der Waals surface area contributed by atoms with E-state index in [9.17, 15) is 9.90 Å². The van der Waals surface area contributed by atoms with Crippen molar-refractivity contribution in [3.63, 3.8) is 0 Å². The molecule has 1 aliphatic rings. The molecule has 0 fully saturated rings. The first kappa shape index (κ1) is 16.5. The number of cyclic esters (lactones) is 1. The zero-order chi connectivity index (χ0) is 16.2. The summed E-state index contributed by atoms with van der Waals surface area (Å²) in [6.45, 7) is 5.69. The number of benzene rings is 1. The third-order valence-electron chi connectivity index (χ3n) is 3.40. The second-order valence-electron chi connectivity index (χ2n) is 5.83. The Labute approximate surface area is 130 Å². The first-order valence-corrected chi connectivity index (χ1v) is 7.31. The zero-order valence-corrected chi connectivity index (χ0v) is 13.1. The summed E-state index contributed by atoms with van der Waals surface area (Å²) < 4.78 is 16.1. The number of carbonyl (C=O) groups is 1. The van der Waals surface area contributed by atoms with Crippen molar-refractivity contribution in [3.05, 3.63) is 47.7 Å². The number of carbonyl (C=O) groups excluding carboxylic acids is 1. The summed E-state index contributed by atoms with van der Waals surface area (Å²) in [5, 5.41) is 10.2. The smallest absolute Gasteiger partial charge is 0.337 e. The van der Waals surface area contributed by atoms with Gasteiger partial charge in [-0.3, -0.25) is 0 Å². The van der Waals surface area contributed by atoms with Gasteiger partial charge in [-0.25, -0.2) is 4.79 Å². The van der Waals surface area contributed by atoms with Crippen molar-refractivity contribution in [1.29, 1.82) is 0 Å². The highest BCUT2D eigenvalue weighted by Crippen LogP contribution is 2.28. The Morgan fingerprint density at radius 2 is 1.91 bits per heavy atom. The molecule has 120 valence electrons. The molecule has 0 radical (unpaired) electrons. The van der Waals surface area contributed by atoms with E-state index < -0.39 is 17.9 Å². The number of rotatable bonds is 6. The molecule has 1 aromatic carbocycles.